The maximum absolute atomic E-state index is 13.0. The van der Waals surface area contributed by atoms with E-state index in [2.05, 4.69) is 216 Å². The Kier molecular flexibility index (Phi) is 37.0. The first-order valence-electron chi connectivity index (χ1n) is 43.7. The number of hydrogen-bond acceptors (Lipinski definition) is 23. The lowest BCUT2D eigenvalue weighted by Crippen LogP contribution is -2.41. The average Bonchev–Trinajstić information content (AvgIpc) is 1.61. The van der Waals surface area contributed by atoms with Gasteiger partial charge in [-0.1, -0.05) is 301 Å². The molecule has 5 heterocycles. The zero-order valence-corrected chi connectivity index (χ0v) is 80.8. The molecule has 0 unspecified atom stereocenters. The minimum atomic E-state index is -0.965. The summed E-state index contributed by atoms with van der Waals surface area (Å²) < 4.78 is 21.2. The number of thiazole rings is 1. The summed E-state index contributed by atoms with van der Waals surface area (Å²) >= 11 is 5.64. The van der Waals surface area contributed by atoms with Crippen molar-refractivity contribution in [2.24, 2.45) is 0 Å². The Labute approximate surface area is 794 Å². The number of benzene rings is 10. The Bertz CT molecular complexity index is 5890. The lowest BCUT2D eigenvalue weighted by Gasteiger charge is -2.23. The first-order valence-corrected chi connectivity index (χ1v) is 47.5. The highest BCUT2D eigenvalue weighted by Crippen LogP contribution is 2.34. The van der Waals surface area contributed by atoms with Gasteiger partial charge >= 0.3 is 11.9 Å². The van der Waals surface area contributed by atoms with Crippen molar-refractivity contribution < 1.29 is 52.5 Å². The van der Waals surface area contributed by atoms with E-state index in [4.69, 9.17) is 18.9 Å². The molecular formula is C106H112N12O11S4. The molecule has 4 aromatic heterocycles. The Morgan fingerprint density at radius 3 is 1.24 bits per heavy atom. The van der Waals surface area contributed by atoms with Gasteiger partial charge in [0.2, 0.25) is 15.5 Å². The van der Waals surface area contributed by atoms with Crippen LogP contribution in [0.5, 0.6) is 11.5 Å². The van der Waals surface area contributed by atoms with Crippen molar-refractivity contribution in [3.63, 3.8) is 0 Å². The molecule has 4 N–H and O–H groups in total. The van der Waals surface area contributed by atoms with Crippen molar-refractivity contribution in [2.75, 3.05) is 37.5 Å². The van der Waals surface area contributed by atoms with Crippen LogP contribution in [0.3, 0.4) is 0 Å². The molecule has 10 aromatic carbocycles. The van der Waals surface area contributed by atoms with Crippen LogP contribution in [0.2, 0.25) is 0 Å². The number of Topliss-reactive ketones (excluding diaryl/α,β-unsaturated/α-hetero) is 4. The van der Waals surface area contributed by atoms with Gasteiger partial charge in [0.1, 0.15) is 65.0 Å². The number of rotatable bonds is 34. The van der Waals surface area contributed by atoms with E-state index in [1.54, 1.807) is 44.4 Å². The van der Waals surface area contributed by atoms with Crippen LogP contribution in [0.25, 0.3) is 44.7 Å². The van der Waals surface area contributed by atoms with Gasteiger partial charge in [-0.3, -0.25) is 49.0 Å². The van der Waals surface area contributed by atoms with Crippen LogP contribution in [-0.2, 0) is 95.5 Å². The number of aromatic amines is 3. The number of amides is 1. The molecule has 27 heteroatoms. The highest BCUT2D eigenvalue weighted by molar-refractivity contribution is 8.00. The fraction of sp³-hybridized carbons (Fsp3) is 0.264. The molecule has 1 saturated heterocycles. The molecule has 1 atom stereocenters. The summed E-state index contributed by atoms with van der Waals surface area (Å²) in [7, 11) is 1.56. The quantitative estimate of drug-likeness (QED) is 0.0165. The second-order valence-electron chi connectivity index (χ2n) is 32.5. The monoisotopic (exact) mass is 1860 g/mol. The van der Waals surface area contributed by atoms with Crippen LogP contribution in [0, 0.1) is 55.4 Å². The normalized spacial score (nSPS) is 12.5. The molecule has 133 heavy (non-hydrogen) atoms. The van der Waals surface area contributed by atoms with Crippen molar-refractivity contribution >= 4 is 87.6 Å². The van der Waals surface area contributed by atoms with Crippen LogP contribution >= 0.6 is 46.6 Å². The van der Waals surface area contributed by atoms with Gasteiger partial charge in [-0.2, -0.15) is 0 Å². The van der Waals surface area contributed by atoms with E-state index in [-0.39, 0.29) is 55.4 Å². The number of methoxy groups -OCH3 is 1. The Morgan fingerprint density at radius 1 is 0.451 bits per heavy atom. The minimum absolute atomic E-state index is 0.0192. The fourth-order valence-electron chi connectivity index (χ4n) is 14.3. The van der Waals surface area contributed by atoms with Crippen LogP contribution in [0.4, 0.5) is 0 Å². The molecule has 1 aliphatic rings. The summed E-state index contributed by atoms with van der Waals surface area (Å²) in [5, 5.41) is 29.2. The Hall–Kier alpha value is -13.5. The number of ether oxygens (including phenoxy) is 4. The molecule has 0 aliphatic carbocycles. The van der Waals surface area contributed by atoms with Crippen LogP contribution in [-0.4, -0.2) is 134 Å². The van der Waals surface area contributed by atoms with Gasteiger partial charge in [0.15, 0.2) is 29.9 Å². The number of aryl methyl sites for hydroxylation is 11. The highest BCUT2D eigenvalue weighted by atomic mass is 32.2. The Morgan fingerprint density at radius 2 is 0.842 bits per heavy atom. The lowest BCUT2D eigenvalue weighted by atomic mass is 9.91. The van der Waals surface area contributed by atoms with Crippen LogP contribution in [0.1, 0.15) is 140 Å². The molecule has 15 rings (SSSR count). The topological polar surface area (TPSA) is 309 Å². The molecule has 1 aliphatic heterocycles. The number of H-pyrrole nitrogens is 3. The standard InChI is InChI=1S/C22H24N2O4.3C21H23N3OS.C21H19NO4S/c1-15-9-11-18(12-10-15)22(3)21(26)24(16(2)23-22)13-20(25)28-14-17-7-5-6-8-19(17)27-4;3*1-4-16-5-7-18(8-6-16)20-22-21(24-23-20)26-13-19(25)12-17-10-14(2)9-15(3)11-17;1-14-3-5-17(6-4-14)21-22-18(13-27-21)11-26-20(24)12-25-19-9-7-16(8-10-19)15(2)23/h5-12,23H,2,13-14H2,1,3-4H3;3*5-11H,4,12-13H2,1-3H3,(H,22,23,24);3-10,13H,11-12H2,1-2H3/t22-;;;;/m0..../s1. The molecule has 1 fully saturated rings. The summed E-state index contributed by atoms with van der Waals surface area (Å²) in [6, 6.07) is 73.3. The van der Waals surface area contributed by atoms with Crippen molar-refractivity contribution in [2.45, 2.75) is 163 Å². The molecular weight excluding hydrogens is 1750 g/mol. The molecule has 23 nitrogen and oxygen atoms in total. The lowest BCUT2D eigenvalue weighted by molar-refractivity contribution is -0.149. The van der Waals surface area contributed by atoms with E-state index in [9.17, 15) is 33.6 Å². The van der Waals surface area contributed by atoms with Crippen molar-refractivity contribution in [1.82, 2.24) is 60.7 Å². The SMILES string of the molecule is C=C1N[C@@](C)(c2ccc(C)cc2)C(=O)N1CC(=O)OCc1ccccc1OC.CC(=O)c1ccc(OCC(=O)OCc2csc(-c3ccc(C)cc3)n2)cc1.CCc1ccc(-c2nc(SCC(=O)Cc3cc(C)cc(C)c3)n[nH]2)cc1.CCc1ccc(-c2nc(SCC(=O)Cc3cc(C)cc(C)c3)n[nH]2)cc1.CCc1ccc(-c2nc(SCC(=O)Cc3cc(C)cc(C)c3)n[nH]2)cc1. The van der Waals surface area contributed by atoms with E-state index in [1.807, 2.05) is 122 Å². The average molecular weight is 1860 g/mol. The smallest absolute Gasteiger partial charge is 0.344 e. The number of ketones is 4. The van der Waals surface area contributed by atoms with Gasteiger partial charge in [-0.15, -0.1) is 26.6 Å². The number of aromatic nitrogens is 10. The molecule has 0 radical (unpaired) electrons. The predicted octanol–water partition coefficient (Wildman–Crippen LogP) is 21.0. The number of para-hydroxylation sites is 1. The number of nitrogens with one attached hydrogen (secondary N) is 4. The first-order chi connectivity index (χ1) is 63.9. The van der Waals surface area contributed by atoms with E-state index in [0.717, 1.165) is 97.4 Å². The van der Waals surface area contributed by atoms with Gasteiger partial charge in [-0.25, -0.2) is 24.7 Å². The summed E-state index contributed by atoms with van der Waals surface area (Å²) in [4.78, 5) is 105. The zero-order valence-electron chi connectivity index (χ0n) is 77.5. The number of thioether (sulfide) groups is 3. The molecule has 686 valence electrons. The van der Waals surface area contributed by atoms with Gasteiger partial charge in [0.25, 0.3) is 5.91 Å². The van der Waals surface area contributed by atoms with Crippen molar-refractivity contribution in [1.29, 1.82) is 0 Å². The minimum Gasteiger partial charge on any atom is -0.496 e. The summed E-state index contributed by atoms with van der Waals surface area (Å²) in [6.45, 7) is 29.7. The molecule has 1 amide bonds. The third-order valence-corrected chi connectivity index (χ3v) is 24.8. The highest BCUT2D eigenvalue weighted by Gasteiger charge is 2.47. The second kappa shape index (κ2) is 49.1. The largest absolute Gasteiger partial charge is 0.496 e. The number of esters is 2. The maximum atomic E-state index is 13.0. The maximum Gasteiger partial charge on any atom is 0.344 e. The number of hydrogen-bond donors (Lipinski definition) is 4. The van der Waals surface area contributed by atoms with E-state index >= 15 is 0 Å². The molecule has 14 aromatic rings. The number of carbonyl (C=O) groups is 7. The van der Waals surface area contributed by atoms with Crippen LogP contribution < -0.4 is 14.8 Å². The summed E-state index contributed by atoms with van der Waals surface area (Å²) in [5.41, 5.74) is 22.5. The number of nitrogens with zero attached hydrogens (tertiary/aromatic N) is 8. The van der Waals surface area contributed by atoms with Crippen molar-refractivity contribution in [3.8, 4) is 56.2 Å². The van der Waals surface area contributed by atoms with Gasteiger partial charge in [-0.05, 0) is 158 Å². The van der Waals surface area contributed by atoms with Crippen LogP contribution in [0.15, 0.2) is 258 Å². The molecule has 0 spiro atoms. The van der Waals surface area contributed by atoms with E-state index < -0.39 is 17.5 Å². The summed E-state index contributed by atoms with van der Waals surface area (Å²) in [6.07, 6.45) is 4.39. The van der Waals surface area contributed by atoms with Gasteiger partial charge in [0, 0.05) is 58.0 Å². The third kappa shape index (κ3) is 30.8. The van der Waals surface area contributed by atoms with Gasteiger partial charge in [0.05, 0.1) is 30.1 Å². The molecule has 0 saturated carbocycles. The number of carbonyl (C=O) groups excluding carboxylic acids is 7. The Balaban J connectivity index is 0.000000160. The predicted molar refractivity (Wildman–Crippen MR) is 529 cm³/mol. The summed E-state index contributed by atoms with van der Waals surface area (Å²) in [5.74, 6) is 4.13. The van der Waals surface area contributed by atoms with E-state index in [1.165, 1.54) is 114 Å². The first kappa shape index (κ1) is 100. The third-order valence-electron chi connectivity index (χ3n) is 21.2. The van der Waals surface area contributed by atoms with Crippen molar-refractivity contribution in [3.05, 3.63) is 343 Å². The molecule has 0 bridgehead atoms. The van der Waals surface area contributed by atoms with E-state index in [0.29, 0.717) is 80.6 Å². The second-order valence-corrected chi connectivity index (χ2v) is 36.2. The van der Waals surface area contributed by atoms with Gasteiger partial charge < -0.3 is 24.3 Å². The zero-order chi connectivity index (χ0) is 95.1. The fourth-order valence-corrected chi connectivity index (χ4v) is 17.1.